The molecule has 0 atom stereocenters. The van der Waals surface area contributed by atoms with Gasteiger partial charge in [0.15, 0.2) is 0 Å². The average Bonchev–Trinajstić information content (AvgIpc) is 2.83. The molecule has 0 aliphatic heterocycles. The minimum absolute atomic E-state index is 0.774. The van der Waals surface area contributed by atoms with E-state index in [1.165, 1.54) is 31.3 Å². The first-order valence-electron chi connectivity index (χ1n) is 6.24. The van der Waals surface area contributed by atoms with E-state index in [-0.39, 0.29) is 0 Å². The molecule has 1 aliphatic rings. The van der Waals surface area contributed by atoms with E-state index in [2.05, 4.69) is 30.8 Å². The van der Waals surface area contributed by atoms with E-state index in [4.69, 9.17) is 0 Å². The molecular formula is C14H25NS. The first-order chi connectivity index (χ1) is 7.76. The topological polar surface area (TPSA) is 12.4 Å². The Morgan fingerprint density at radius 2 is 1.88 bits per heavy atom. The van der Waals surface area contributed by atoms with Crippen molar-refractivity contribution >= 4 is 18.5 Å². The second-order valence-electron chi connectivity index (χ2n) is 3.70. The number of allylic oxidation sites excluding steroid dienone is 3. The maximum absolute atomic E-state index is 4.07. The zero-order chi connectivity index (χ0) is 12.4. The lowest BCUT2D eigenvalue weighted by molar-refractivity contribution is 0.886. The zero-order valence-electron chi connectivity index (χ0n) is 11.1. The summed E-state index contributed by atoms with van der Waals surface area (Å²) in [4.78, 5) is 4.07. The molecule has 92 valence electrons. The monoisotopic (exact) mass is 239 g/mol. The van der Waals surface area contributed by atoms with E-state index in [9.17, 15) is 0 Å². The summed E-state index contributed by atoms with van der Waals surface area (Å²) in [6.45, 7) is 11.8. The maximum Gasteiger partial charge on any atom is 0.0957 e. The quantitative estimate of drug-likeness (QED) is 0.485. The third-order valence-corrected chi connectivity index (χ3v) is 3.85. The summed E-state index contributed by atoms with van der Waals surface area (Å²) in [6, 6.07) is 0. The summed E-state index contributed by atoms with van der Waals surface area (Å²) in [5.41, 5.74) is 1.26. The lowest BCUT2D eigenvalue weighted by atomic mass is 10.3. The lowest BCUT2D eigenvalue weighted by Gasteiger charge is -2.08. The molecule has 1 aliphatic carbocycles. The zero-order valence-corrected chi connectivity index (χ0v) is 11.9. The van der Waals surface area contributed by atoms with Gasteiger partial charge in [0.05, 0.1) is 5.03 Å². The summed E-state index contributed by atoms with van der Waals surface area (Å²) < 4.78 is 0. The second-order valence-corrected chi connectivity index (χ2v) is 5.02. The van der Waals surface area contributed by atoms with Crippen molar-refractivity contribution < 1.29 is 0 Å². The lowest BCUT2D eigenvalue weighted by Crippen LogP contribution is -1.93. The van der Waals surface area contributed by atoms with E-state index in [1.807, 2.05) is 32.5 Å². The van der Waals surface area contributed by atoms with Crippen LogP contribution in [0.15, 0.2) is 27.7 Å². The van der Waals surface area contributed by atoms with Gasteiger partial charge in [-0.3, -0.25) is 4.99 Å². The molecule has 0 aromatic carbocycles. The highest BCUT2D eigenvalue weighted by atomic mass is 32.2. The van der Waals surface area contributed by atoms with Gasteiger partial charge >= 0.3 is 0 Å². The molecule has 0 heterocycles. The fourth-order valence-corrected chi connectivity index (χ4v) is 2.81. The largest absolute Gasteiger partial charge is 0.258 e. The molecule has 0 N–H and O–H groups in total. The van der Waals surface area contributed by atoms with Gasteiger partial charge < -0.3 is 0 Å². The molecule has 0 aromatic heterocycles. The van der Waals surface area contributed by atoms with Crippen LogP contribution in [-0.2, 0) is 0 Å². The van der Waals surface area contributed by atoms with Crippen LogP contribution >= 0.6 is 11.8 Å². The molecule has 0 unspecified atom stereocenters. The van der Waals surface area contributed by atoms with Crippen LogP contribution < -0.4 is 0 Å². The van der Waals surface area contributed by atoms with Gasteiger partial charge in [0.25, 0.3) is 0 Å². The van der Waals surface area contributed by atoms with Crippen LogP contribution in [-0.4, -0.2) is 12.0 Å². The fraction of sp³-hybridized carbons (Fsp3) is 0.643. The summed E-state index contributed by atoms with van der Waals surface area (Å²) in [7, 11) is 0. The van der Waals surface area contributed by atoms with Gasteiger partial charge in [-0.25, -0.2) is 0 Å². The molecule has 1 saturated carbocycles. The van der Waals surface area contributed by atoms with Crippen LogP contribution in [0.25, 0.3) is 0 Å². The third-order valence-electron chi connectivity index (χ3n) is 2.55. The van der Waals surface area contributed by atoms with Gasteiger partial charge in [-0.15, -0.1) is 11.8 Å². The normalized spacial score (nSPS) is 18.0. The Morgan fingerprint density at radius 3 is 2.31 bits per heavy atom. The Labute approximate surface area is 105 Å². The first kappa shape index (κ1) is 15.5. The highest BCUT2D eigenvalue weighted by molar-refractivity contribution is 8.03. The Morgan fingerprint density at radius 1 is 1.31 bits per heavy atom. The Bertz CT molecular complexity index is 247. The van der Waals surface area contributed by atoms with Crippen LogP contribution in [0.1, 0.15) is 53.4 Å². The highest BCUT2D eigenvalue weighted by Gasteiger charge is 2.16. The number of nitrogens with zero attached hydrogens (tertiary/aromatic N) is 1. The van der Waals surface area contributed by atoms with Gasteiger partial charge in [0.2, 0.25) is 0 Å². The highest BCUT2D eigenvalue weighted by Crippen LogP contribution is 2.34. The number of hydrogen-bond donors (Lipinski definition) is 0. The average molecular weight is 239 g/mol. The molecule has 0 amide bonds. The number of rotatable bonds is 4. The van der Waals surface area contributed by atoms with Crippen LogP contribution in [0.5, 0.6) is 0 Å². The van der Waals surface area contributed by atoms with Crippen molar-refractivity contribution in [3.05, 3.63) is 22.8 Å². The van der Waals surface area contributed by atoms with Crippen molar-refractivity contribution in [1.82, 2.24) is 0 Å². The Kier molecular flexibility index (Phi) is 9.40. The van der Waals surface area contributed by atoms with Crippen molar-refractivity contribution in [2.45, 2.75) is 58.6 Å². The van der Waals surface area contributed by atoms with Gasteiger partial charge in [-0.2, -0.15) is 0 Å². The molecule has 0 spiro atoms. The standard InChI is InChI=1S/C12H19NS.C2H6/c1-4-10(2)9-12(13-3)14-11-7-5-6-8-11;1-2/h4,9,11H,3,5-8H2,1-2H3;1-2H3/b10-4-,12-9+;. The molecule has 1 fully saturated rings. The molecule has 1 rings (SSSR count). The van der Waals surface area contributed by atoms with E-state index in [1.54, 1.807) is 0 Å². The molecule has 2 heteroatoms. The van der Waals surface area contributed by atoms with Crippen molar-refractivity contribution in [1.29, 1.82) is 0 Å². The van der Waals surface area contributed by atoms with Crippen LogP contribution in [0.4, 0.5) is 0 Å². The predicted molar refractivity (Wildman–Crippen MR) is 78.3 cm³/mol. The molecule has 0 saturated heterocycles. The summed E-state index contributed by atoms with van der Waals surface area (Å²) in [6.07, 6.45) is 9.66. The van der Waals surface area contributed by atoms with E-state index in [0.29, 0.717) is 0 Å². The number of thioether (sulfide) groups is 1. The number of hydrogen-bond acceptors (Lipinski definition) is 2. The molecule has 1 nitrogen and oxygen atoms in total. The minimum atomic E-state index is 0.774. The van der Waals surface area contributed by atoms with Crippen molar-refractivity contribution in [2.24, 2.45) is 4.99 Å². The summed E-state index contributed by atoms with van der Waals surface area (Å²) in [5.74, 6) is 0. The first-order valence-corrected chi connectivity index (χ1v) is 7.12. The van der Waals surface area contributed by atoms with Gasteiger partial charge in [-0.1, -0.05) is 38.3 Å². The van der Waals surface area contributed by atoms with Crippen molar-refractivity contribution in [3.8, 4) is 0 Å². The van der Waals surface area contributed by atoms with Crippen LogP contribution in [0, 0.1) is 0 Å². The predicted octanol–water partition coefficient (Wildman–Crippen LogP) is 5.20. The number of aliphatic imine (C=N–C) groups is 1. The second kappa shape index (κ2) is 9.71. The van der Waals surface area contributed by atoms with Crippen LogP contribution in [0.2, 0.25) is 0 Å². The summed E-state index contributed by atoms with van der Waals surface area (Å²) in [5, 5.41) is 1.85. The van der Waals surface area contributed by atoms with Gasteiger partial charge in [0, 0.05) is 5.25 Å². The third kappa shape index (κ3) is 6.16. The van der Waals surface area contributed by atoms with Crippen molar-refractivity contribution in [3.63, 3.8) is 0 Å². The molecule has 0 bridgehead atoms. The molecular weight excluding hydrogens is 214 g/mol. The van der Waals surface area contributed by atoms with E-state index in [0.717, 1.165) is 10.3 Å². The fourth-order valence-electron chi connectivity index (χ4n) is 1.57. The maximum atomic E-state index is 4.07. The SMILES string of the molecule is C=N/C(=C\C(C)=C/C)SC1CCCC1.CC. The Balaban J connectivity index is 0.00000106. The minimum Gasteiger partial charge on any atom is -0.258 e. The van der Waals surface area contributed by atoms with E-state index < -0.39 is 0 Å². The Hall–Kier alpha value is -0.500. The molecule has 0 radical (unpaired) electrons. The van der Waals surface area contributed by atoms with Crippen LogP contribution in [0.3, 0.4) is 0 Å². The van der Waals surface area contributed by atoms with Crippen molar-refractivity contribution in [2.75, 3.05) is 0 Å². The molecule has 0 aromatic rings. The van der Waals surface area contributed by atoms with Gasteiger partial charge in [0.1, 0.15) is 0 Å². The molecule has 16 heavy (non-hydrogen) atoms. The smallest absolute Gasteiger partial charge is 0.0957 e. The van der Waals surface area contributed by atoms with E-state index >= 15 is 0 Å². The van der Waals surface area contributed by atoms with Gasteiger partial charge in [-0.05, 0) is 39.5 Å². The summed E-state index contributed by atoms with van der Waals surface area (Å²) >= 11 is 1.89.